The highest BCUT2D eigenvalue weighted by Gasteiger charge is 2.22. The summed E-state index contributed by atoms with van der Waals surface area (Å²) in [5, 5.41) is 0. The van der Waals surface area contributed by atoms with Crippen molar-refractivity contribution in [2.45, 2.75) is 18.9 Å². The lowest BCUT2D eigenvalue weighted by atomic mass is 10.2. The van der Waals surface area contributed by atoms with E-state index in [1.54, 1.807) is 36.4 Å². The second-order valence-corrected chi connectivity index (χ2v) is 5.37. The molecule has 0 aliphatic carbocycles. The number of ether oxygens (including phenoxy) is 4. The molecule has 0 fully saturated rings. The van der Waals surface area contributed by atoms with Gasteiger partial charge in [-0.15, -0.1) is 0 Å². The van der Waals surface area contributed by atoms with Crippen LogP contribution in [0.4, 0.5) is 9.59 Å². The molecule has 2 N–H and O–H groups in total. The van der Waals surface area contributed by atoms with E-state index in [4.69, 9.17) is 15.2 Å². The Balaban J connectivity index is 1.69. The minimum atomic E-state index is -1.29. The van der Waals surface area contributed by atoms with E-state index >= 15 is 0 Å². The highest BCUT2D eigenvalue weighted by Crippen LogP contribution is 2.11. The lowest BCUT2D eigenvalue weighted by Crippen LogP contribution is -2.35. The molecule has 0 spiro atoms. The maximum Gasteiger partial charge on any atom is 0.521 e. The Morgan fingerprint density at radius 2 is 1.21 bits per heavy atom. The van der Waals surface area contributed by atoms with Gasteiger partial charge in [0, 0.05) is 6.42 Å². The first-order chi connectivity index (χ1) is 13.4. The SMILES string of the molecule is NC(CCC(=O)OC(=O)Oc1ccccc1)C(=O)OC(=O)Oc1ccccc1. The monoisotopic (exact) mass is 387 g/mol. The zero-order chi connectivity index (χ0) is 20.4. The average Bonchev–Trinajstić information content (AvgIpc) is 2.67. The zero-order valence-electron chi connectivity index (χ0n) is 14.6. The number of hydrogen-bond acceptors (Lipinski definition) is 9. The Kier molecular flexibility index (Phi) is 7.67. The molecule has 2 aromatic carbocycles. The molecule has 0 radical (unpaired) electrons. The molecular weight excluding hydrogens is 370 g/mol. The van der Waals surface area contributed by atoms with Gasteiger partial charge in [0.25, 0.3) is 0 Å². The number of esters is 2. The van der Waals surface area contributed by atoms with E-state index < -0.39 is 30.3 Å². The van der Waals surface area contributed by atoms with Gasteiger partial charge in [-0.3, -0.25) is 4.79 Å². The number of benzene rings is 2. The summed E-state index contributed by atoms with van der Waals surface area (Å²) in [5.74, 6) is -1.64. The maximum absolute atomic E-state index is 11.7. The summed E-state index contributed by atoms with van der Waals surface area (Å²) in [6.07, 6.45) is -3.04. The lowest BCUT2D eigenvalue weighted by Gasteiger charge is -2.10. The Hall–Kier alpha value is -3.72. The van der Waals surface area contributed by atoms with Gasteiger partial charge in [0.05, 0.1) is 0 Å². The minimum Gasteiger partial charge on any atom is -0.395 e. The van der Waals surface area contributed by atoms with Gasteiger partial charge < -0.3 is 24.7 Å². The molecule has 2 aromatic rings. The number of rotatable bonds is 6. The van der Waals surface area contributed by atoms with Crippen LogP contribution in [-0.4, -0.2) is 30.3 Å². The van der Waals surface area contributed by atoms with Crippen LogP contribution in [0.3, 0.4) is 0 Å². The molecule has 9 nitrogen and oxygen atoms in total. The molecule has 0 bridgehead atoms. The second kappa shape index (κ2) is 10.4. The van der Waals surface area contributed by atoms with Crippen molar-refractivity contribution >= 4 is 24.2 Å². The van der Waals surface area contributed by atoms with Gasteiger partial charge in [0.15, 0.2) is 0 Å². The third-order valence-corrected chi connectivity index (χ3v) is 3.23. The van der Waals surface area contributed by atoms with Gasteiger partial charge in [-0.2, -0.15) is 0 Å². The third-order valence-electron chi connectivity index (χ3n) is 3.23. The van der Waals surface area contributed by atoms with Gasteiger partial charge in [-0.05, 0) is 30.7 Å². The summed E-state index contributed by atoms with van der Waals surface area (Å²) in [4.78, 5) is 46.3. The van der Waals surface area contributed by atoms with E-state index in [1.165, 1.54) is 24.3 Å². The highest BCUT2D eigenvalue weighted by molar-refractivity contribution is 5.87. The summed E-state index contributed by atoms with van der Waals surface area (Å²) >= 11 is 0. The fourth-order valence-electron chi connectivity index (χ4n) is 1.90. The van der Waals surface area contributed by atoms with Crippen LogP contribution < -0.4 is 15.2 Å². The average molecular weight is 387 g/mol. The molecule has 2 rings (SSSR count). The van der Waals surface area contributed by atoms with Gasteiger partial charge in [0.1, 0.15) is 17.5 Å². The molecule has 0 heterocycles. The van der Waals surface area contributed by atoms with Crippen LogP contribution in [-0.2, 0) is 19.1 Å². The third kappa shape index (κ3) is 7.26. The summed E-state index contributed by atoms with van der Waals surface area (Å²) < 4.78 is 18.4. The molecule has 9 heteroatoms. The van der Waals surface area contributed by atoms with Crippen LogP contribution in [0.5, 0.6) is 11.5 Å². The fourth-order valence-corrected chi connectivity index (χ4v) is 1.90. The van der Waals surface area contributed by atoms with Crippen molar-refractivity contribution in [2.24, 2.45) is 5.73 Å². The van der Waals surface area contributed by atoms with Crippen LogP contribution in [0.25, 0.3) is 0 Å². The van der Waals surface area contributed by atoms with Crippen LogP contribution in [0, 0.1) is 0 Å². The van der Waals surface area contributed by atoms with Crippen molar-refractivity contribution in [3.8, 4) is 11.5 Å². The van der Waals surface area contributed by atoms with Crippen molar-refractivity contribution in [1.82, 2.24) is 0 Å². The molecule has 1 atom stereocenters. The van der Waals surface area contributed by atoms with Crippen LogP contribution >= 0.6 is 0 Å². The summed E-state index contributed by atoms with van der Waals surface area (Å²) in [5.41, 5.74) is 5.56. The van der Waals surface area contributed by atoms with Crippen molar-refractivity contribution in [2.75, 3.05) is 0 Å². The molecule has 0 aromatic heterocycles. The van der Waals surface area contributed by atoms with E-state index in [9.17, 15) is 19.2 Å². The predicted octanol–water partition coefficient (Wildman–Crippen LogP) is 2.58. The number of hydrogen-bond donors (Lipinski definition) is 1. The van der Waals surface area contributed by atoms with Crippen molar-refractivity contribution in [3.63, 3.8) is 0 Å². The van der Waals surface area contributed by atoms with Crippen LogP contribution in [0.2, 0.25) is 0 Å². The Morgan fingerprint density at radius 3 is 1.71 bits per heavy atom. The Bertz CT molecular complexity index is 822. The van der Waals surface area contributed by atoms with Crippen molar-refractivity contribution in [3.05, 3.63) is 60.7 Å². The van der Waals surface area contributed by atoms with E-state index in [1.807, 2.05) is 0 Å². The first kappa shape index (κ1) is 20.6. The van der Waals surface area contributed by atoms with Gasteiger partial charge >= 0.3 is 24.2 Å². The van der Waals surface area contributed by atoms with Gasteiger partial charge in [-0.1, -0.05) is 36.4 Å². The summed E-state index contributed by atoms with van der Waals surface area (Å²) in [6.45, 7) is 0. The van der Waals surface area contributed by atoms with Crippen molar-refractivity contribution < 1.29 is 38.1 Å². The smallest absolute Gasteiger partial charge is 0.395 e. The number of carbonyl (C=O) groups is 4. The van der Waals surface area contributed by atoms with E-state index in [-0.39, 0.29) is 24.3 Å². The summed E-state index contributed by atoms with van der Waals surface area (Å²) in [6, 6.07) is 14.7. The molecule has 146 valence electrons. The summed E-state index contributed by atoms with van der Waals surface area (Å²) in [7, 11) is 0. The first-order valence-electron chi connectivity index (χ1n) is 8.15. The van der Waals surface area contributed by atoms with Gasteiger partial charge in [0.2, 0.25) is 0 Å². The largest absolute Gasteiger partial charge is 0.521 e. The molecule has 0 aliphatic rings. The normalized spacial score (nSPS) is 11.0. The molecular formula is C19H17NO8. The number of para-hydroxylation sites is 2. The number of carbonyl (C=O) groups excluding carboxylic acids is 4. The maximum atomic E-state index is 11.7. The predicted molar refractivity (Wildman–Crippen MR) is 94.3 cm³/mol. The molecule has 0 saturated carbocycles. The Morgan fingerprint density at radius 1 is 0.750 bits per heavy atom. The zero-order valence-corrected chi connectivity index (χ0v) is 14.6. The lowest BCUT2D eigenvalue weighted by molar-refractivity contribution is -0.141. The van der Waals surface area contributed by atoms with Crippen LogP contribution in [0.1, 0.15) is 12.8 Å². The van der Waals surface area contributed by atoms with Crippen molar-refractivity contribution in [1.29, 1.82) is 0 Å². The first-order valence-corrected chi connectivity index (χ1v) is 8.15. The molecule has 0 aliphatic heterocycles. The quantitative estimate of drug-likeness (QED) is 0.451. The molecule has 28 heavy (non-hydrogen) atoms. The second-order valence-electron chi connectivity index (χ2n) is 5.37. The van der Waals surface area contributed by atoms with Crippen LogP contribution in [0.15, 0.2) is 60.7 Å². The van der Waals surface area contributed by atoms with E-state index in [0.29, 0.717) is 0 Å². The molecule has 1 unspecified atom stereocenters. The van der Waals surface area contributed by atoms with E-state index in [2.05, 4.69) is 9.47 Å². The highest BCUT2D eigenvalue weighted by atomic mass is 16.7. The topological polar surface area (TPSA) is 131 Å². The Labute approximate surface area is 159 Å². The molecule has 0 saturated heterocycles. The van der Waals surface area contributed by atoms with E-state index in [0.717, 1.165) is 0 Å². The minimum absolute atomic E-state index is 0.189. The van der Waals surface area contributed by atoms with Gasteiger partial charge in [-0.25, -0.2) is 14.4 Å². The molecule has 0 amide bonds. The standard InChI is InChI=1S/C19H17NO8/c20-15(17(22)28-19(24)26-14-9-5-2-6-10-14)11-12-16(21)27-18(23)25-13-7-3-1-4-8-13/h1-10,15H,11-12,20H2. The fraction of sp³-hybridized carbons (Fsp3) is 0.158. The number of nitrogens with two attached hydrogens (primary N) is 1.